The van der Waals surface area contributed by atoms with E-state index in [2.05, 4.69) is 0 Å². The summed E-state index contributed by atoms with van der Waals surface area (Å²) in [7, 11) is 0. The molecule has 2 aliphatic rings. The zero-order valence-corrected chi connectivity index (χ0v) is 9.26. The summed E-state index contributed by atoms with van der Waals surface area (Å²) >= 11 is 0. The lowest BCUT2D eigenvalue weighted by atomic mass is 9.90. The fourth-order valence-electron chi connectivity index (χ4n) is 1.64. The Labute approximate surface area is 93.4 Å². The first-order valence-electron chi connectivity index (χ1n) is 5.14. The summed E-state index contributed by atoms with van der Waals surface area (Å²) in [6.45, 7) is 4.11. The van der Waals surface area contributed by atoms with Gasteiger partial charge in [-0.1, -0.05) is 13.8 Å². The molecule has 88 valence electrons. The molecular formula is C11H14O5. The number of ketones is 1. The van der Waals surface area contributed by atoms with Crippen molar-refractivity contribution in [3.63, 3.8) is 0 Å². The van der Waals surface area contributed by atoms with E-state index in [0.717, 1.165) is 0 Å². The molecule has 2 unspecified atom stereocenters. The zero-order valence-electron chi connectivity index (χ0n) is 9.26. The standard InChI is InChI=1S/C11H14O5/c1-11(2)6-15-10(13)9(11)16-8-4-3-7(12)5-14-8/h3-4,8-9H,5-6H2,1-2H3. The van der Waals surface area contributed by atoms with Crippen molar-refractivity contribution in [2.24, 2.45) is 5.41 Å². The van der Waals surface area contributed by atoms with Crippen molar-refractivity contribution in [3.05, 3.63) is 12.2 Å². The van der Waals surface area contributed by atoms with E-state index in [0.29, 0.717) is 6.61 Å². The second-order valence-electron chi connectivity index (χ2n) is 4.62. The minimum absolute atomic E-state index is 0.0106. The van der Waals surface area contributed by atoms with Crippen molar-refractivity contribution < 1.29 is 23.8 Å². The third-order valence-corrected chi connectivity index (χ3v) is 2.61. The number of carbonyl (C=O) groups is 2. The van der Waals surface area contributed by atoms with Crippen molar-refractivity contribution in [1.29, 1.82) is 0 Å². The van der Waals surface area contributed by atoms with E-state index >= 15 is 0 Å². The van der Waals surface area contributed by atoms with Gasteiger partial charge in [0, 0.05) is 5.41 Å². The number of hydrogen-bond acceptors (Lipinski definition) is 5. The third kappa shape index (κ3) is 2.15. The topological polar surface area (TPSA) is 61.8 Å². The van der Waals surface area contributed by atoms with Gasteiger partial charge in [-0.15, -0.1) is 0 Å². The molecule has 0 bridgehead atoms. The summed E-state index contributed by atoms with van der Waals surface area (Å²) in [5, 5.41) is 0. The molecule has 0 amide bonds. The Bertz CT molecular complexity index is 344. The summed E-state index contributed by atoms with van der Waals surface area (Å²) in [4.78, 5) is 22.3. The smallest absolute Gasteiger partial charge is 0.336 e. The van der Waals surface area contributed by atoms with Crippen molar-refractivity contribution in [1.82, 2.24) is 0 Å². The molecule has 1 fully saturated rings. The van der Waals surface area contributed by atoms with E-state index in [1.54, 1.807) is 0 Å². The van der Waals surface area contributed by atoms with Crippen LogP contribution in [-0.2, 0) is 23.8 Å². The largest absolute Gasteiger partial charge is 0.463 e. The van der Waals surface area contributed by atoms with Crippen LogP contribution in [0.1, 0.15) is 13.8 Å². The van der Waals surface area contributed by atoms with Crippen LogP contribution in [0.5, 0.6) is 0 Å². The van der Waals surface area contributed by atoms with Crippen LogP contribution in [0, 0.1) is 5.41 Å². The quantitative estimate of drug-likeness (QED) is 0.639. The molecule has 0 spiro atoms. The Balaban J connectivity index is 2.01. The fourth-order valence-corrected chi connectivity index (χ4v) is 1.64. The Hall–Kier alpha value is -1.20. The Morgan fingerprint density at radius 3 is 2.69 bits per heavy atom. The summed E-state index contributed by atoms with van der Waals surface area (Å²) in [6, 6.07) is 0. The molecule has 0 aromatic rings. The van der Waals surface area contributed by atoms with Gasteiger partial charge in [0.15, 0.2) is 18.2 Å². The number of esters is 1. The van der Waals surface area contributed by atoms with Crippen LogP contribution >= 0.6 is 0 Å². The van der Waals surface area contributed by atoms with Gasteiger partial charge in [-0.3, -0.25) is 4.79 Å². The molecule has 16 heavy (non-hydrogen) atoms. The normalized spacial score (nSPS) is 32.9. The lowest BCUT2D eigenvalue weighted by Crippen LogP contribution is -2.38. The van der Waals surface area contributed by atoms with Crippen LogP contribution in [-0.4, -0.2) is 37.4 Å². The van der Waals surface area contributed by atoms with Crippen molar-refractivity contribution >= 4 is 11.8 Å². The second kappa shape index (κ2) is 3.99. The van der Waals surface area contributed by atoms with Gasteiger partial charge in [0.25, 0.3) is 0 Å². The number of hydrogen-bond donors (Lipinski definition) is 0. The van der Waals surface area contributed by atoms with E-state index in [-0.39, 0.29) is 23.8 Å². The van der Waals surface area contributed by atoms with E-state index in [1.807, 2.05) is 13.8 Å². The van der Waals surface area contributed by atoms with Crippen molar-refractivity contribution in [2.45, 2.75) is 26.2 Å². The maximum atomic E-state index is 11.4. The van der Waals surface area contributed by atoms with Crippen LogP contribution < -0.4 is 0 Å². The lowest BCUT2D eigenvalue weighted by Gasteiger charge is -2.26. The SMILES string of the molecule is CC1(C)COC(=O)C1OC1C=CC(=O)CO1. The summed E-state index contributed by atoms with van der Waals surface area (Å²) < 4.78 is 15.6. The Morgan fingerprint density at radius 1 is 1.44 bits per heavy atom. The molecule has 2 aliphatic heterocycles. The average Bonchev–Trinajstić information content (AvgIpc) is 2.48. The first kappa shape index (κ1) is 11.3. The highest BCUT2D eigenvalue weighted by molar-refractivity contribution is 5.91. The van der Waals surface area contributed by atoms with Gasteiger partial charge in [0.05, 0.1) is 6.61 Å². The Kier molecular flexibility index (Phi) is 2.82. The minimum Gasteiger partial charge on any atom is -0.463 e. The number of rotatable bonds is 2. The maximum absolute atomic E-state index is 11.4. The average molecular weight is 226 g/mol. The highest BCUT2D eigenvalue weighted by Gasteiger charge is 2.45. The number of carbonyl (C=O) groups excluding carboxylic acids is 2. The van der Waals surface area contributed by atoms with E-state index in [4.69, 9.17) is 14.2 Å². The van der Waals surface area contributed by atoms with Gasteiger partial charge in [-0.25, -0.2) is 4.79 Å². The Morgan fingerprint density at radius 2 is 2.19 bits per heavy atom. The molecule has 0 saturated carbocycles. The van der Waals surface area contributed by atoms with Gasteiger partial charge in [-0.05, 0) is 12.2 Å². The van der Waals surface area contributed by atoms with Gasteiger partial charge in [0.2, 0.25) is 0 Å². The molecule has 5 heteroatoms. The second-order valence-corrected chi connectivity index (χ2v) is 4.62. The molecule has 2 heterocycles. The summed E-state index contributed by atoms with van der Waals surface area (Å²) in [6.07, 6.45) is 1.62. The highest BCUT2D eigenvalue weighted by atomic mass is 16.7. The van der Waals surface area contributed by atoms with Crippen LogP contribution in [0.25, 0.3) is 0 Å². The number of cyclic esters (lactones) is 1. The van der Waals surface area contributed by atoms with Crippen LogP contribution in [0.15, 0.2) is 12.2 Å². The van der Waals surface area contributed by atoms with Gasteiger partial charge in [-0.2, -0.15) is 0 Å². The van der Waals surface area contributed by atoms with Crippen LogP contribution in [0.4, 0.5) is 0 Å². The molecule has 0 aliphatic carbocycles. The molecule has 0 N–H and O–H groups in total. The first-order valence-corrected chi connectivity index (χ1v) is 5.14. The molecule has 0 aromatic heterocycles. The highest BCUT2D eigenvalue weighted by Crippen LogP contribution is 2.32. The van der Waals surface area contributed by atoms with Crippen molar-refractivity contribution in [3.8, 4) is 0 Å². The maximum Gasteiger partial charge on any atom is 0.336 e. The van der Waals surface area contributed by atoms with Crippen LogP contribution in [0.3, 0.4) is 0 Å². The number of ether oxygens (including phenoxy) is 3. The molecule has 2 atom stereocenters. The van der Waals surface area contributed by atoms with Gasteiger partial charge >= 0.3 is 5.97 Å². The van der Waals surface area contributed by atoms with Gasteiger partial charge in [0.1, 0.15) is 6.61 Å². The lowest BCUT2D eigenvalue weighted by molar-refractivity contribution is -0.179. The third-order valence-electron chi connectivity index (χ3n) is 2.61. The molecule has 2 rings (SSSR count). The van der Waals surface area contributed by atoms with E-state index in [1.165, 1.54) is 12.2 Å². The van der Waals surface area contributed by atoms with E-state index < -0.39 is 12.4 Å². The fraction of sp³-hybridized carbons (Fsp3) is 0.636. The van der Waals surface area contributed by atoms with Crippen molar-refractivity contribution in [2.75, 3.05) is 13.2 Å². The molecule has 0 radical (unpaired) electrons. The van der Waals surface area contributed by atoms with E-state index in [9.17, 15) is 9.59 Å². The summed E-state index contributed by atoms with van der Waals surface area (Å²) in [5.74, 6) is -0.480. The molecule has 0 aromatic carbocycles. The molecule has 1 saturated heterocycles. The predicted molar refractivity (Wildman–Crippen MR) is 53.5 cm³/mol. The monoisotopic (exact) mass is 226 g/mol. The predicted octanol–water partition coefficient (Wildman–Crippen LogP) is 0.436. The van der Waals surface area contributed by atoms with Gasteiger partial charge < -0.3 is 14.2 Å². The first-order chi connectivity index (χ1) is 7.49. The summed E-state index contributed by atoms with van der Waals surface area (Å²) in [5.41, 5.74) is -0.365. The molecular weight excluding hydrogens is 212 g/mol. The minimum atomic E-state index is -0.646. The van der Waals surface area contributed by atoms with Crippen LogP contribution in [0.2, 0.25) is 0 Å². The zero-order chi connectivity index (χ0) is 11.8. The molecule has 5 nitrogen and oxygen atoms in total.